The molecule has 0 atom stereocenters. The summed E-state index contributed by atoms with van der Waals surface area (Å²) in [5, 5.41) is 5.70. The summed E-state index contributed by atoms with van der Waals surface area (Å²) in [6, 6.07) is 17.6. The number of unbranched alkanes of at least 4 members (excludes halogenated alkanes) is 1. The van der Waals surface area contributed by atoms with Gasteiger partial charge < -0.3 is 20.1 Å². The first-order valence-electron chi connectivity index (χ1n) is 10.3. The van der Waals surface area contributed by atoms with Crippen molar-refractivity contribution in [3.63, 3.8) is 0 Å². The van der Waals surface area contributed by atoms with Crippen LogP contribution in [0.5, 0.6) is 17.2 Å². The highest BCUT2D eigenvalue weighted by molar-refractivity contribution is 6.10. The van der Waals surface area contributed by atoms with Gasteiger partial charge in [0, 0.05) is 11.3 Å². The van der Waals surface area contributed by atoms with Crippen LogP contribution in [-0.2, 0) is 0 Å². The fraction of sp³-hybridized carbons (Fsp3) is 0.200. The molecule has 3 aromatic rings. The van der Waals surface area contributed by atoms with E-state index in [9.17, 15) is 9.59 Å². The van der Waals surface area contributed by atoms with E-state index in [-0.39, 0.29) is 11.8 Å². The van der Waals surface area contributed by atoms with Crippen LogP contribution in [0.15, 0.2) is 60.7 Å². The molecule has 1 heterocycles. The number of carbonyl (C=O) groups excluding carboxylic acids is 2. The van der Waals surface area contributed by atoms with Crippen LogP contribution in [0.3, 0.4) is 0 Å². The highest BCUT2D eigenvalue weighted by atomic mass is 16.5. The summed E-state index contributed by atoms with van der Waals surface area (Å²) in [6.45, 7) is 4.71. The van der Waals surface area contributed by atoms with E-state index < -0.39 is 0 Å². The monoisotopic (exact) mass is 416 g/mol. The molecule has 6 heteroatoms. The molecular weight excluding hydrogens is 392 g/mol. The molecule has 4 rings (SSSR count). The van der Waals surface area contributed by atoms with Gasteiger partial charge in [0.15, 0.2) is 5.75 Å². The standard InChI is InChI=1S/C25H24N2O4/c1-3-4-13-30-19-9-6-17(7-10-19)24(28)26-18-8-12-22-20(15-18)25(29)27-21-14-16(2)5-11-23(21)31-22/h5-12,14-15H,3-4,13H2,1-2H3,(H,26,28)(H,27,29). The van der Waals surface area contributed by atoms with Gasteiger partial charge in [-0.25, -0.2) is 0 Å². The Labute approximate surface area is 181 Å². The van der Waals surface area contributed by atoms with Crippen LogP contribution in [-0.4, -0.2) is 18.4 Å². The third kappa shape index (κ3) is 4.69. The second-order valence-electron chi connectivity index (χ2n) is 7.45. The number of amides is 2. The van der Waals surface area contributed by atoms with Crippen LogP contribution >= 0.6 is 0 Å². The highest BCUT2D eigenvalue weighted by Crippen LogP contribution is 2.37. The van der Waals surface area contributed by atoms with E-state index in [1.54, 1.807) is 42.5 Å². The average molecular weight is 416 g/mol. The first kappa shape index (κ1) is 20.5. The van der Waals surface area contributed by atoms with Crippen LogP contribution in [0.4, 0.5) is 11.4 Å². The van der Waals surface area contributed by atoms with E-state index in [2.05, 4.69) is 17.6 Å². The molecule has 1 aliphatic heterocycles. The van der Waals surface area contributed by atoms with E-state index in [0.29, 0.717) is 40.6 Å². The zero-order valence-electron chi connectivity index (χ0n) is 17.5. The van der Waals surface area contributed by atoms with E-state index in [1.165, 1.54) is 0 Å². The molecule has 0 saturated heterocycles. The largest absolute Gasteiger partial charge is 0.494 e. The number of fused-ring (bicyclic) bond motifs is 2. The topological polar surface area (TPSA) is 76.7 Å². The van der Waals surface area contributed by atoms with Gasteiger partial charge in [0.05, 0.1) is 17.9 Å². The molecule has 6 nitrogen and oxygen atoms in total. The molecule has 0 saturated carbocycles. The van der Waals surface area contributed by atoms with E-state index in [0.717, 1.165) is 24.2 Å². The number of anilines is 2. The zero-order chi connectivity index (χ0) is 21.8. The van der Waals surface area contributed by atoms with Crippen LogP contribution in [0.25, 0.3) is 0 Å². The van der Waals surface area contributed by atoms with Gasteiger partial charge in [0.1, 0.15) is 11.5 Å². The van der Waals surface area contributed by atoms with Crippen molar-refractivity contribution in [1.29, 1.82) is 0 Å². The Bertz CT molecular complexity index is 1120. The molecule has 2 amide bonds. The lowest BCUT2D eigenvalue weighted by molar-refractivity contribution is 0.101. The predicted octanol–water partition coefficient (Wildman–Crippen LogP) is 5.78. The Balaban J connectivity index is 1.48. The fourth-order valence-electron chi connectivity index (χ4n) is 3.25. The molecule has 158 valence electrons. The molecule has 31 heavy (non-hydrogen) atoms. The third-order valence-corrected chi connectivity index (χ3v) is 4.97. The molecule has 0 unspecified atom stereocenters. The molecule has 2 N–H and O–H groups in total. The highest BCUT2D eigenvalue weighted by Gasteiger charge is 2.21. The first-order valence-corrected chi connectivity index (χ1v) is 10.3. The van der Waals surface area contributed by atoms with Gasteiger partial charge in [0.25, 0.3) is 11.8 Å². The smallest absolute Gasteiger partial charge is 0.259 e. The van der Waals surface area contributed by atoms with Gasteiger partial charge in [-0.1, -0.05) is 19.4 Å². The van der Waals surface area contributed by atoms with Crippen molar-refractivity contribution in [2.24, 2.45) is 0 Å². The number of aryl methyl sites for hydroxylation is 1. The lowest BCUT2D eigenvalue weighted by Crippen LogP contribution is -2.14. The van der Waals surface area contributed by atoms with Crippen LogP contribution in [0.2, 0.25) is 0 Å². The Morgan fingerprint density at radius 1 is 1.03 bits per heavy atom. The third-order valence-electron chi connectivity index (χ3n) is 4.97. The number of benzene rings is 3. The number of carbonyl (C=O) groups is 2. The van der Waals surface area contributed by atoms with Gasteiger partial charge in [0.2, 0.25) is 0 Å². The van der Waals surface area contributed by atoms with Gasteiger partial charge >= 0.3 is 0 Å². The number of hydrogen-bond donors (Lipinski definition) is 2. The second-order valence-corrected chi connectivity index (χ2v) is 7.45. The number of hydrogen-bond acceptors (Lipinski definition) is 4. The summed E-state index contributed by atoms with van der Waals surface area (Å²) in [4.78, 5) is 25.4. The zero-order valence-corrected chi connectivity index (χ0v) is 17.5. The fourth-order valence-corrected chi connectivity index (χ4v) is 3.25. The van der Waals surface area contributed by atoms with Gasteiger partial charge in [-0.05, 0) is 73.5 Å². The maximum atomic E-state index is 12.7. The summed E-state index contributed by atoms with van der Waals surface area (Å²) in [5.74, 6) is 1.19. The lowest BCUT2D eigenvalue weighted by Gasteiger charge is -2.10. The summed E-state index contributed by atoms with van der Waals surface area (Å²) in [5.41, 5.74) is 3.00. The van der Waals surface area contributed by atoms with Gasteiger partial charge in [-0.3, -0.25) is 9.59 Å². The van der Waals surface area contributed by atoms with Crippen molar-refractivity contribution in [3.05, 3.63) is 77.4 Å². The summed E-state index contributed by atoms with van der Waals surface area (Å²) in [7, 11) is 0. The molecular formula is C25H24N2O4. The summed E-state index contributed by atoms with van der Waals surface area (Å²) >= 11 is 0. The Morgan fingerprint density at radius 2 is 1.81 bits per heavy atom. The van der Waals surface area contributed by atoms with Crippen molar-refractivity contribution < 1.29 is 19.1 Å². The number of nitrogens with one attached hydrogen (secondary N) is 2. The molecule has 0 radical (unpaired) electrons. The average Bonchev–Trinajstić information content (AvgIpc) is 2.90. The summed E-state index contributed by atoms with van der Waals surface area (Å²) in [6.07, 6.45) is 2.05. The predicted molar refractivity (Wildman–Crippen MR) is 120 cm³/mol. The van der Waals surface area contributed by atoms with Crippen LogP contribution in [0.1, 0.15) is 46.0 Å². The molecule has 0 fully saturated rings. The van der Waals surface area contributed by atoms with Crippen molar-refractivity contribution in [3.8, 4) is 17.2 Å². The Morgan fingerprint density at radius 3 is 2.58 bits per heavy atom. The van der Waals surface area contributed by atoms with Crippen LogP contribution in [0, 0.1) is 6.92 Å². The molecule has 1 aliphatic rings. The molecule has 0 aliphatic carbocycles. The van der Waals surface area contributed by atoms with Crippen molar-refractivity contribution in [2.45, 2.75) is 26.7 Å². The van der Waals surface area contributed by atoms with Gasteiger partial charge in [-0.2, -0.15) is 0 Å². The minimum Gasteiger partial charge on any atom is -0.494 e. The molecule has 3 aromatic carbocycles. The molecule has 0 bridgehead atoms. The minimum absolute atomic E-state index is 0.270. The normalized spacial score (nSPS) is 12.0. The van der Waals surface area contributed by atoms with Crippen molar-refractivity contribution in [1.82, 2.24) is 0 Å². The molecule has 0 aromatic heterocycles. The Hall–Kier alpha value is -3.80. The summed E-state index contributed by atoms with van der Waals surface area (Å²) < 4.78 is 11.5. The van der Waals surface area contributed by atoms with E-state index in [4.69, 9.17) is 9.47 Å². The van der Waals surface area contributed by atoms with Crippen LogP contribution < -0.4 is 20.1 Å². The van der Waals surface area contributed by atoms with E-state index >= 15 is 0 Å². The maximum absolute atomic E-state index is 12.7. The number of rotatable bonds is 6. The Kier molecular flexibility index (Phi) is 5.89. The maximum Gasteiger partial charge on any atom is 0.259 e. The van der Waals surface area contributed by atoms with E-state index in [1.807, 2.05) is 25.1 Å². The van der Waals surface area contributed by atoms with Gasteiger partial charge in [-0.15, -0.1) is 0 Å². The minimum atomic E-state index is -0.288. The number of ether oxygens (including phenoxy) is 2. The molecule has 0 spiro atoms. The van der Waals surface area contributed by atoms with Crippen molar-refractivity contribution >= 4 is 23.2 Å². The SMILES string of the molecule is CCCCOc1ccc(C(=O)Nc2ccc3c(c2)C(=O)Nc2cc(C)ccc2O3)cc1. The van der Waals surface area contributed by atoms with Crippen molar-refractivity contribution in [2.75, 3.05) is 17.2 Å². The second kappa shape index (κ2) is 8.92. The first-order chi connectivity index (χ1) is 15.0. The lowest BCUT2D eigenvalue weighted by atomic mass is 10.1. The quantitative estimate of drug-likeness (QED) is 0.499.